The first-order valence-corrected chi connectivity index (χ1v) is 4.49. The molecule has 1 rings (SSSR count). The first-order chi connectivity index (χ1) is 6.68. The quantitative estimate of drug-likeness (QED) is 0.827. The van der Waals surface area contributed by atoms with Crippen LogP contribution in [0, 0.1) is 0 Å². The summed E-state index contributed by atoms with van der Waals surface area (Å²) < 4.78 is 36.5. The summed E-state index contributed by atoms with van der Waals surface area (Å²) in [6.07, 6.45) is -2.66. The average Bonchev–Trinajstić information content (AvgIpc) is 2.00. The van der Waals surface area contributed by atoms with Gasteiger partial charge in [0.1, 0.15) is 5.69 Å². The van der Waals surface area contributed by atoms with E-state index in [4.69, 9.17) is 5.73 Å². The third-order valence-corrected chi connectivity index (χ3v) is 1.77. The van der Waals surface area contributed by atoms with Crippen LogP contribution in [0.3, 0.4) is 0 Å². The molecule has 0 aliphatic carbocycles. The number of hydrogen-bond donors (Lipinski definition) is 1. The summed E-state index contributed by atoms with van der Waals surface area (Å²) in [5.74, 6) is 0. The SMILES string of the molecule is CC(C)(N)Cc1ccc(C(F)(F)F)nc1. The second-order valence-electron chi connectivity index (χ2n) is 4.21. The topological polar surface area (TPSA) is 38.9 Å². The van der Waals surface area contributed by atoms with E-state index in [-0.39, 0.29) is 0 Å². The van der Waals surface area contributed by atoms with Gasteiger partial charge in [-0.3, -0.25) is 4.98 Å². The van der Waals surface area contributed by atoms with Gasteiger partial charge in [-0.2, -0.15) is 13.2 Å². The minimum absolute atomic E-state index is 0.443. The van der Waals surface area contributed by atoms with Crippen LogP contribution in [0.2, 0.25) is 0 Å². The molecule has 0 atom stereocenters. The monoisotopic (exact) mass is 218 g/mol. The molecule has 2 N–H and O–H groups in total. The summed E-state index contributed by atoms with van der Waals surface area (Å²) in [5, 5.41) is 0. The molecule has 0 fully saturated rings. The fourth-order valence-electron chi connectivity index (χ4n) is 1.22. The van der Waals surface area contributed by atoms with Gasteiger partial charge in [-0.25, -0.2) is 0 Å². The Morgan fingerprint density at radius 1 is 1.27 bits per heavy atom. The lowest BCUT2D eigenvalue weighted by atomic mass is 9.97. The molecule has 2 nitrogen and oxygen atoms in total. The minimum atomic E-state index is -4.38. The molecule has 5 heteroatoms. The van der Waals surface area contributed by atoms with Gasteiger partial charge in [-0.05, 0) is 31.9 Å². The molecular weight excluding hydrogens is 205 g/mol. The largest absolute Gasteiger partial charge is 0.433 e. The van der Waals surface area contributed by atoms with Crippen molar-refractivity contribution in [3.63, 3.8) is 0 Å². The van der Waals surface area contributed by atoms with Crippen molar-refractivity contribution in [2.45, 2.75) is 32.0 Å². The number of rotatable bonds is 2. The highest BCUT2D eigenvalue weighted by Gasteiger charge is 2.32. The summed E-state index contributed by atoms with van der Waals surface area (Å²) in [5.41, 5.74) is 5.13. The molecule has 1 aromatic heterocycles. The Bertz CT molecular complexity index is 322. The highest BCUT2D eigenvalue weighted by atomic mass is 19.4. The molecule has 0 saturated heterocycles. The third kappa shape index (κ3) is 3.87. The molecule has 84 valence electrons. The first kappa shape index (κ1) is 12.0. The summed E-state index contributed by atoms with van der Waals surface area (Å²) in [7, 11) is 0. The number of halogens is 3. The van der Waals surface area contributed by atoms with Crippen LogP contribution in [0.25, 0.3) is 0 Å². The van der Waals surface area contributed by atoms with E-state index in [2.05, 4.69) is 4.98 Å². The Hall–Kier alpha value is -1.10. The highest BCUT2D eigenvalue weighted by Crippen LogP contribution is 2.27. The molecule has 0 aromatic carbocycles. The maximum atomic E-state index is 12.2. The fourth-order valence-corrected chi connectivity index (χ4v) is 1.22. The van der Waals surface area contributed by atoms with Crippen LogP contribution < -0.4 is 5.73 Å². The Morgan fingerprint density at radius 2 is 1.87 bits per heavy atom. The van der Waals surface area contributed by atoms with Gasteiger partial charge in [0, 0.05) is 11.7 Å². The summed E-state index contributed by atoms with van der Waals surface area (Å²) >= 11 is 0. The lowest BCUT2D eigenvalue weighted by molar-refractivity contribution is -0.141. The van der Waals surface area contributed by atoms with Crippen LogP contribution in [0.15, 0.2) is 18.3 Å². The lowest BCUT2D eigenvalue weighted by Crippen LogP contribution is -2.34. The molecule has 0 saturated carbocycles. The highest BCUT2D eigenvalue weighted by molar-refractivity contribution is 5.17. The molecule has 1 heterocycles. The van der Waals surface area contributed by atoms with E-state index in [1.54, 1.807) is 0 Å². The third-order valence-electron chi connectivity index (χ3n) is 1.77. The van der Waals surface area contributed by atoms with E-state index < -0.39 is 17.4 Å². The van der Waals surface area contributed by atoms with Crippen LogP contribution in [0.5, 0.6) is 0 Å². The van der Waals surface area contributed by atoms with Crippen molar-refractivity contribution >= 4 is 0 Å². The van der Waals surface area contributed by atoms with Gasteiger partial charge in [0.15, 0.2) is 0 Å². The first-order valence-electron chi connectivity index (χ1n) is 4.49. The Labute approximate surface area is 86.3 Å². The summed E-state index contributed by atoms with van der Waals surface area (Å²) in [4.78, 5) is 3.35. The second kappa shape index (κ2) is 3.81. The zero-order chi connectivity index (χ0) is 11.7. The predicted molar refractivity (Wildman–Crippen MR) is 51.2 cm³/mol. The average molecular weight is 218 g/mol. The molecule has 0 aliphatic rings. The lowest BCUT2D eigenvalue weighted by Gasteiger charge is -2.18. The van der Waals surface area contributed by atoms with E-state index in [0.717, 1.165) is 6.07 Å². The standard InChI is InChI=1S/C10H13F3N2/c1-9(2,14)5-7-3-4-8(15-6-7)10(11,12)13/h3-4,6H,5,14H2,1-2H3. The molecule has 15 heavy (non-hydrogen) atoms. The Kier molecular flexibility index (Phi) is 3.04. The van der Waals surface area contributed by atoms with E-state index in [0.29, 0.717) is 12.0 Å². The van der Waals surface area contributed by atoms with Crippen LogP contribution >= 0.6 is 0 Å². The van der Waals surface area contributed by atoms with Crippen LogP contribution in [0.1, 0.15) is 25.1 Å². The van der Waals surface area contributed by atoms with Gasteiger partial charge in [0.05, 0.1) is 0 Å². The normalized spacial score (nSPS) is 12.9. The number of nitrogens with two attached hydrogens (primary N) is 1. The fraction of sp³-hybridized carbons (Fsp3) is 0.500. The van der Waals surface area contributed by atoms with Crippen LogP contribution in [-0.2, 0) is 12.6 Å². The molecule has 0 unspecified atom stereocenters. The summed E-state index contributed by atoms with van der Waals surface area (Å²) in [6.45, 7) is 3.62. The van der Waals surface area contributed by atoms with Crippen molar-refractivity contribution in [1.29, 1.82) is 0 Å². The van der Waals surface area contributed by atoms with Gasteiger partial charge in [0.2, 0.25) is 0 Å². The van der Waals surface area contributed by atoms with E-state index in [1.165, 1.54) is 12.3 Å². The van der Waals surface area contributed by atoms with Crippen molar-refractivity contribution in [1.82, 2.24) is 4.98 Å². The molecule has 1 aromatic rings. The number of nitrogens with zero attached hydrogens (tertiary/aromatic N) is 1. The van der Waals surface area contributed by atoms with Crippen molar-refractivity contribution in [3.05, 3.63) is 29.6 Å². The number of pyridine rings is 1. The van der Waals surface area contributed by atoms with Crippen molar-refractivity contribution in [2.75, 3.05) is 0 Å². The number of aromatic nitrogens is 1. The summed E-state index contributed by atoms with van der Waals surface area (Å²) in [6, 6.07) is 2.38. The molecule has 0 amide bonds. The van der Waals surface area contributed by atoms with Gasteiger partial charge in [-0.1, -0.05) is 6.07 Å². The smallest absolute Gasteiger partial charge is 0.325 e. The zero-order valence-corrected chi connectivity index (χ0v) is 8.60. The van der Waals surface area contributed by atoms with Crippen LogP contribution in [0.4, 0.5) is 13.2 Å². The number of hydrogen-bond acceptors (Lipinski definition) is 2. The van der Waals surface area contributed by atoms with Gasteiger partial charge in [0.25, 0.3) is 0 Å². The Balaban J connectivity index is 2.82. The second-order valence-corrected chi connectivity index (χ2v) is 4.21. The van der Waals surface area contributed by atoms with Crippen molar-refractivity contribution in [3.8, 4) is 0 Å². The molecule has 0 bridgehead atoms. The maximum absolute atomic E-state index is 12.2. The maximum Gasteiger partial charge on any atom is 0.433 e. The molecular formula is C10H13F3N2. The Morgan fingerprint density at radius 3 is 2.20 bits per heavy atom. The van der Waals surface area contributed by atoms with Crippen molar-refractivity contribution in [2.24, 2.45) is 5.73 Å². The molecule has 0 spiro atoms. The number of alkyl halides is 3. The predicted octanol–water partition coefficient (Wildman–Crippen LogP) is 2.38. The van der Waals surface area contributed by atoms with Gasteiger partial charge < -0.3 is 5.73 Å². The zero-order valence-electron chi connectivity index (χ0n) is 8.60. The van der Waals surface area contributed by atoms with E-state index in [1.807, 2.05) is 13.8 Å². The van der Waals surface area contributed by atoms with Gasteiger partial charge in [-0.15, -0.1) is 0 Å². The van der Waals surface area contributed by atoms with Crippen molar-refractivity contribution < 1.29 is 13.2 Å². The molecule has 0 aliphatic heterocycles. The molecule has 0 radical (unpaired) electrons. The van der Waals surface area contributed by atoms with E-state index in [9.17, 15) is 13.2 Å². The van der Waals surface area contributed by atoms with Gasteiger partial charge >= 0.3 is 6.18 Å². The van der Waals surface area contributed by atoms with Crippen LogP contribution in [-0.4, -0.2) is 10.5 Å². The van der Waals surface area contributed by atoms with E-state index >= 15 is 0 Å². The minimum Gasteiger partial charge on any atom is -0.325 e.